The van der Waals surface area contributed by atoms with Crippen LogP contribution in [0.1, 0.15) is 30.9 Å². The van der Waals surface area contributed by atoms with Gasteiger partial charge in [-0.2, -0.15) is 0 Å². The Kier molecular flexibility index (Phi) is 5.41. The minimum absolute atomic E-state index is 0.117. The number of nitrogens with two attached hydrogens (primary N) is 1. The van der Waals surface area contributed by atoms with Gasteiger partial charge in [0.1, 0.15) is 6.10 Å². The van der Waals surface area contributed by atoms with Crippen molar-refractivity contribution < 1.29 is 24.1 Å². The lowest BCUT2D eigenvalue weighted by molar-refractivity contribution is -0.137. The maximum Gasteiger partial charge on any atom is 0.305 e. The molecule has 1 aromatic carbocycles. The number of aliphatic carboxylic acids is 1. The highest BCUT2D eigenvalue weighted by Gasteiger charge is 2.19. The number of ether oxygens (including phenoxy) is 3. The van der Waals surface area contributed by atoms with E-state index in [-0.39, 0.29) is 12.5 Å². The zero-order valence-electron chi connectivity index (χ0n) is 12.1. The fourth-order valence-electron chi connectivity index (χ4n) is 2.29. The molecule has 1 unspecified atom stereocenters. The zero-order valence-corrected chi connectivity index (χ0v) is 12.1. The van der Waals surface area contributed by atoms with E-state index >= 15 is 0 Å². The molecule has 1 aliphatic heterocycles. The average Bonchev–Trinajstić information content (AvgIpc) is 2.48. The topological polar surface area (TPSA) is 91.0 Å². The fraction of sp³-hybridized carbons (Fsp3) is 0.533. The van der Waals surface area contributed by atoms with Gasteiger partial charge in [-0.1, -0.05) is 6.07 Å². The molecule has 0 amide bonds. The molecule has 1 aromatic rings. The number of hydrogen-bond donors (Lipinski definition) is 2. The van der Waals surface area contributed by atoms with E-state index in [4.69, 9.17) is 25.1 Å². The van der Waals surface area contributed by atoms with Crippen LogP contribution in [0.2, 0.25) is 0 Å². The average molecular weight is 295 g/mol. The van der Waals surface area contributed by atoms with E-state index in [0.29, 0.717) is 30.3 Å². The second-order valence-electron chi connectivity index (χ2n) is 5.04. The lowest BCUT2D eigenvalue weighted by Crippen LogP contribution is -2.26. The van der Waals surface area contributed by atoms with Crippen molar-refractivity contribution in [3.05, 3.63) is 23.8 Å². The Bertz CT molecular complexity index is 485. The summed E-state index contributed by atoms with van der Waals surface area (Å²) >= 11 is 0. The third kappa shape index (κ3) is 4.34. The van der Waals surface area contributed by atoms with Crippen LogP contribution in [0.4, 0.5) is 0 Å². The van der Waals surface area contributed by atoms with Crippen LogP contribution in [0.15, 0.2) is 18.2 Å². The molecule has 0 aromatic heterocycles. The Morgan fingerprint density at radius 1 is 1.43 bits per heavy atom. The van der Waals surface area contributed by atoms with Crippen LogP contribution in [-0.2, 0) is 9.53 Å². The standard InChI is InChI=1S/C15H21NO5/c1-19-14-8-10(12(16)9-15(17)18)2-3-13(14)21-11-4-6-20-7-5-11/h2-3,8,11-12H,4-7,9,16H2,1H3,(H,17,18). The Morgan fingerprint density at radius 3 is 2.76 bits per heavy atom. The summed E-state index contributed by atoms with van der Waals surface area (Å²) in [6.07, 6.45) is 1.70. The highest BCUT2D eigenvalue weighted by Crippen LogP contribution is 2.32. The Labute approximate surface area is 123 Å². The number of carboxylic acids is 1. The van der Waals surface area contributed by atoms with Crippen LogP contribution >= 0.6 is 0 Å². The minimum Gasteiger partial charge on any atom is -0.493 e. The van der Waals surface area contributed by atoms with Crippen molar-refractivity contribution in [1.29, 1.82) is 0 Å². The zero-order chi connectivity index (χ0) is 15.2. The lowest BCUT2D eigenvalue weighted by Gasteiger charge is -2.24. The summed E-state index contributed by atoms with van der Waals surface area (Å²) in [6.45, 7) is 1.41. The SMILES string of the molecule is COc1cc(C(N)CC(=O)O)ccc1OC1CCOCC1. The summed E-state index contributed by atoms with van der Waals surface area (Å²) in [7, 11) is 1.55. The summed E-state index contributed by atoms with van der Waals surface area (Å²) in [5, 5.41) is 8.79. The van der Waals surface area contributed by atoms with Crippen LogP contribution in [0.3, 0.4) is 0 Å². The normalized spacial score (nSPS) is 17.2. The van der Waals surface area contributed by atoms with Crippen molar-refractivity contribution in [2.24, 2.45) is 5.73 Å². The maximum atomic E-state index is 10.7. The van der Waals surface area contributed by atoms with Gasteiger partial charge < -0.3 is 25.1 Å². The second-order valence-corrected chi connectivity index (χ2v) is 5.04. The minimum atomic E-state index is -0.927. The smallest absolute Gasteiger partial charge is 0.305 e. The molecule has 21 heavy (non-hydrogen) atoms. The number of benzene rings is 1. The third-order valence-corrected chi connectivity index (χ3v) is 3.47. The Morgan fingerprint density at radius 2 is 2.14 bits per heavy atom. The first-order valence-electron chi connectivity index (χ1n) is 7.00. The van der Waals surface area contributed by atoms with Gasteiger partial charge in [-0.25, -0.2) is 0 Å². The van der Waals surface area contributed by atoms with E-state index in [9.17, 15) is 4.79 Å². The van der Waals surface area contributed by atoms with Crippen molar-refractivity contribution in [2.75, 3.05) is 20.3 Å². The van der Waals surface area contributed by atoms with Crippen molar-refractivity contribution in [2.45, 2.75) is 31.4 Å². The molecule has 6 nitrogen and oxygen atoms in total. The van der Waals surface area contributed by atoms with Crippen LogP contribution in [0.5, 0.6) is 11.5 Å². The van der Waals surface area contributed by atoms with E-state index in [1.165, 1.54) is 0 Å². The van der Waals surface area contributed by atoms with Gasteiger partial charge in [-0.3, -0.25) is 4.79 Å². The van der Waals surface area contributed by atoms with Gasteiger partial charge >= 0.3 is 5.97 Å². The molecule has 1 aliphatic rings. The van der Waals surface area contributed by atoms with Gasteiger partial charge in [0.05, 0.1) is 26.7 Å². The lowest BCUT2D eigenvalue weighted by atomic mass is 10.0. The molecule has 1 saturated heterocycles. The van der Waals surface area contributed by atoms with E-state index in [1.807, 2.05) is 0 Å². The van der Waals surface area contributed by atoms with Crippen molar-refractivity contribution in [3.8, 4) is 11.5 Å². The molecule has 3 N–H and O–H groups in total. The summed E-state index contributed by atoms with van der Waals surface area (Å²) in [5.41, 5.74) is 6.58. The molecule has 116 valence electrons. The number of hydrogen-bond acceptors (Lipinski definition) is 5. The quantitative estimate of drug-likeness (QED) is 0.830. The van der Waals surface area contributed by atoms with Gasteiger partial charge in [0.2, 0.25) is 0 Å². The number of carbonyl (C=O) groups is 1. The van der Waals surface area contributed by atoms with E-state index < -0.39 is 12.0 Å². The molecule has 1 fully saturated rings. The molecule has 0 bridgehead atoms. The molecule has 0 spiro atoms. The molecular weight excluding hydrogens is 274 g/mol. The van der Waals surface area contributed by atoms with E-state index in [2.05, 4.69) is 0 Å². The number of rotatable bonds is 6. The predicted molar refractivity (Wildman–Crippen MR) is 76.6 cm³/mol. The van der Waals surface area contributed by atoms with Crippen molar-refractivity contribution in [3.63, 3.8) is 0 Å². The predicted octanol–water partition coefficient (Wildman–Crippen LogP) is 1.73. The molecule has 0 aliphatic carbocycles. The van der Waals surface area contributed by atoms with E-state index in [1.54, 1.807) is 25.3 Å². The Hall–Kier alpha value is -1.79. The molecule has 2 rings (SSSR count). The summed E-state index contributed by atoms with van der Waals surface area (Å²) in [6, 6.07) is 4.74. The summed E-state index contributed by atoms with van der Waals surface area (Å²) in [4.78, 5) is 10.7. The van der Waals surface area contributed by atoms with Gasteiger partial charge in [-0.15, -0.1) is 0 Å². The van der Waals surface area contributed by atoms with Gasteiger partial charge in [0.15, 0.2) is 11.5 Å². The van der Waals surface area contributed by atoms with Crippen LogP contribution in [0.25, 0.3) is 0 Å². The fourth-order valence-corrected chi connectivity index (χ4v) is 2.29. The highest BCUT2D eigenvalue weighted by molar-refractivity contribution is 5.68. The van der Waals surface area contributed by atoms with Gasteiger partial charge in [-0.05, 0) is 17.7 Å². The highest BCUT2D eigenvalue weighted by atomic mass is 16.5. The third-order valence-electron chi connectivity index (χ3n) is 3.47. The van der Waals surface area contributed by atoms with E-state index in [0.717, 1.165) is 12.8 Å². The maximum absolute atomic E-state index is 10.7. The Balaban J connectivity index is 2.10. The summed E-state index contributed by atoms with van der Waals surface area (Å²) < 4.78 is 16.6. The summed E-state index contributed by atoms with van der Waals surface area (Å²) in [5.74, 6) is 0.291. The molecule has 0 radical (unpaired) electrons. The molecule has 6 heteroatoms. The van der Waals surface area contributed by atoms with Crippen molar-refractivity contribution >= 4 is 5.97 Å². The first-order valence-corrected chi connectivity index (χ1v) is 7.00. The van der Waals surface area contributed by atoms with Gasteiger partial charge in [0, 0.05) is 18.9 Å². The first kappa shape index (κ1) is 15.6. The van der Waals surface area contributed by atoms with Crippen molar-refractivity contribution in [1.82, 2.24) is 0 Å². The first-order chi connectivity index (χ1) is 10.1. The van der Waals surface area contributed by atoms with Crippen LogP contribution in [-0.4, -0.2) is 37.5 Å². The van der Waals surface area contributed by atoms with Crippen LogP contribution in [0, 0.1) is 0 Å². The molecular formula is C15H21NO5. The van der Waals surface area contributed by atoms with Crippen LogP contribution < -0.4 is 15.2 Å². The number of methoxy groups -OCH3 is 1. The monoisotopic (exact) mass is 295 g/mol. The number of carboxylic acid groups (broad SMARTS) is 1. The largest absolute Gasteiger partial charge is 0.493 e. The second kappa shape index (κ2) is 7.28. The molecule has 1 atom stereocenters. The molecule has 0 saturated carbocycles. The van der Waals surface area contributed by atoms with Gasteiger partial charge in [0.25, 0.3) is 0 Å². The molecule has 1 heterocycles.